The fraction of sp³-hybridized carbons (Fsp3) is 0.923. The first-order valence-electron chi connectivity index (χ1n) is 6.86. The number of alkyl carbamates (subject to hydrolysis) is 1. The maximum Gasteiger partial charge on any atom is 0.407 e. The minimum absolute atomic E-state index is 0.0880. The van der Waals surface area contributed by atoms with Gasteiger partial charge >= 0.3 is 6.09 Å². The van der Waals surface area contributed by atoms with Gasteiger partial charge in [-0.3, -0.25) is 0 Å². The Bertz CT molecular complexity index is 314. The lowest BCUT2D eigenvalue weighted by molar-refractivity contribution is -0.0202. The van der Waals surface area contributed by atoms with Gasteiger partial charge in [0.1, 0.15) is 5.60 Å². The van der Waals surface area contributed by atoms with Gasteiger partial charge in [-0.1, -0.05) is 0 Å². The van der Waals surface area contributed by atoms with E-state index in [0.717, 1.165) is 12.8 Å². The lowest BCUT2D eigenvalue weighted by atomic mass is 9.80. The molecule has 118 valence electrons. The molecule has 0 aliphatic heterocycles. The number of carbonyl (C=O) groups excluding carboxylic acids is 1. The topological polar surface area (TPSA) is 67.8 Å². The van der Waals surface area contributed by atoms with Gasteiger partial charge in [-0.2, -0.15) is 0 Å². The van der Waals surface area contributed by atoms with Crippen LogP contribution in [0.4, 0.5) is 4.79 Å². The zero-order valence-electron chi connectivity index (χ0n) is 12.3. The van der Waals surface area contributed by atoms with E-state index in [1.54, 1.807) is 0 Å². The van der Waals surface area contributed by atoms with Crippen molar-refractivity contribution in [2.24, 2.45) is 0 Å². The summed E-state index contributed by atoms with van der Waals surface area (Å²) in [5, 5.41) is 13.3. The van der Waals surface area contributed by atoms with Gasteiger partial charge in [0.05, 0.1) is 21.4 Å². The van der Waals surface area contributed by atoms with E-state index in [-0.39, 0.29) is 12.1 Å². The van der Waals surface area contributed by atoms with Crippen molar-refractivity contribution in [2.45, 2.75) is 70.1 Å². The SMILES string of the molecule is CC(C)(C)OC(=O)NC1CCC(O)(CCOSI)CC1. The first kappa shape index (κ1) is 18.3. The van der Waals surface area contributed by atoms with Crippen LogP contribution < -0.4 is 5.32 Å². The Morgan fingerprint density at radius 1 is 1.45 bits per heavy atom. The lowest BCUT2D eigenvalue weighted by Crippen LogP contribution is -2.45. The molecule has 1 amide bonds. The van der Waals surface area contributed by atoms with E-state index in [9.17, 15) is 9.90 Å². The molecule has 0 spiro atoms. The summed E-state index contributed by atoms with van der Waals surface area (Å²) in [5.41, 5.74) is -1.13. The van der Waals surface area contributed by atoms with Crippen LogP contribution in [0.3, 0.4) is 0 Å². The van der Waals surface area contributed by atoms with Crippen molar-refractivity contribution in [1.29, 1.82) is 0 Å². The number of ether oxygens (including phenoxy) is 1. The summed E-state index contributed by atoms with van der Waals surface area (Å²) in [6, 6.07) is 0.0880. The highest BCUT2D eigenvalue weighted by atomic mass is 127. The number of nitrogens with one attached hydrogen (secondary N) is 1. The molecule has 0 heterocycles. The van der Waals surface area contributed by atoms with E-state index in [2.05, 4.69) is 26.5 Å². The van der Waals surface area contributed by atoms with E-state index in [4.69, 9.17) is 8.92 Å². The fourth-order valence-electron chi connectivity index (χ4n) is 2.29. The normalized spacial score (nSPS) is 27.1. The Morgan fingerprint density at radius 3 is 2.55 bits per heavy atom. The standard InChI is InChI=1S/C13H24INO4S/c1-12(2,3)19-11(16)15-10-4-6-13(17,7-5-10)8-9-18-20-14/h10,17H,4-9H2,1-3H3,(H,15,16). The van der Waals surface area contributed by atoms with Crippen LogP contribution in [0, 0.1) is 0 Å². The summed E-state index contributed by atoms with van der Waals surface area (Å²) in [5.74, 6) is 0. The van der Waals surface area contributed by atoms with Crippen molar-refractivity contribution in [2.75, 3.05) is 6.61 Å². The van der Waals surface area contributed by atoms with Gasteiger partial charge in [-0.25, -0.2) is 4.79 Å². The largest absolute Gasteiger partial charge is 0.444 e. The average Bonchev–Trinajstić information content (AvgIpc) is 2.30. The van der Waals surface area contributed by atoms with Crippen LogP contribution in [0.15, 0.2) is 0 Å². The average molecular weight is 417 g/mol. The van der Waals surface area contributed by atoms with Gasteiger partial charge in [0.15, 0.2) is 0 Å². The molecule has 1 fully saturated rings. The van der Waals surface area contributed by atoms with Crippen molar-refractivity contribution < 1.29 is 18.8 Å². The zero-order valence-corrected chi connectivity index (χ0v) is 15.3. The Balaban J connectivity index is 2.29. The van der Waals surface area contributed by atoms with E-state index < -0.39 is 11.2 Å². The maximum atomic E-state index is 11.7. The Hall–Kier alpha value is 0.270. The molecule has 0 bridgehead atoms. The molecular formula is C13H24INO4S. The van der Waals surface area contributed by atoms with Crippen LogP contribution in [0.25, 0.3) is 0 Å². The van der Waals surface area contributed by atoms with Crippen LogP contribution in [0.1, 0.15) is 52.9 Å². The first-order valence-corrected chi connectivity index (χ1v) is 10.1. The zero-order chi connectivity index (χ0) is 15.2. The number of aliphatic hydroxyl groups is 1. The number of rotatable bonds is 5. The third kappa shape index (κ3) is 7.33. The van der Waals surface area contributed by atoms with Crippen LogP contribution in [-0.4, -0.2) is 35.1 Å². The highest BCUT2D eigenvalue weighted by Crippen LogP contribution is 2.32. The van der Waals surface area contributed by atoms with Crippen LogP contribution in [0.5, 0.6) is 0 Å². The Morgan fingerprint density at radius 2 is 2.05 bits per heavy atom. The molecule has 0 aromatic heterocycles. The lowest BCUT2D eigenvalue weighted by Gasteiger charge is -2.36. The van der Waals surface area contributed by atoms with E-state index >= 15 is 0 Å². The fourth-order valence-corrected chi connectivity index (χ4v) is 2.97. The second-order valence-electron chi connectivity index (χ2n) is 6.28. The van der Waals surface area contributed by atoms with Crippen molar-refractivity contribution >= 4 is 36.5 Å². The predicted molar refractivity (Wildman–Crippen MR) is 88.8 cm³/mol. The highest BCUT2D eigenvalue weighted by molar-refractivity contribution is 14.2. The van der Waals surface area contributed by atoms with E-state index in [1.807, 2.05) is 20.8 Å². The second-order valence-corrected chi connectivity index (χ2v) is 7.72. The summed E-state index contributed by atoms with van der Waals surface area (Å²) in [7, 11) is 1.29. The summed E-state index contributed by atoms with van der Waals surface area (Å²) < 4.78 is 10.4. The number of hydrogen-bond donors (Lipinski definition) is 2. The van der Waals surface area contributed by atoms with Crippen molar-refractivity contribution in [3.8, 4) is 0 Å². The first-order chi connectivity index (χ1) is 9.24. The van der Waals surface area contributed by atoms with E-state index in [0.29, 0.717) is 25.9 Å². The van der Waals surface area contributed by atoms with Gasteiger partial charge in [0.2, 0.25) is 0 Å². The summed E-state index contributed by atoms with van der Waals surface area (Å²) in [4.78, 5) is 11.7. The molecule has 0 atom stereocenters. The van der Waals surface area contributed by atoms with Crippen LogP contribution in [-0.2, 0) is 8.92 Å². The molecule has 1 saturated carbocycles. The maximum absolute atomic E-state index is 11.7. The Kier molecular flexibility index (Phi) is 7.37. The molecule has 1 aliphatic rings. The monoisotopic (exact) mass is 417 g/mol. The summed E-state index contributed by atoms with van der Waals surface area (Å²) in [6.07, 6.45) is 3.17. The quantitative estimate of drug-likeness (QED) is 0.407. The van der Waals surface area contributed by atoms with Crippen molar-refractivity contribution in [1.82, 2.24) is 5.32 Å². The molecule has 0 saturated heterocycles. The molecule has 1 aliphatic carbocycles. The van der Waals surface area contributed by atoms with Crippen molar-refractivity contribution in [3.05, 3.63) is 0 Å². The number of carbonyl (C=O) groups is 1. The smallest absolute Gasteiger partial charge is 0.407 e. The molecule has 5 nitrogen and oxygen atoms in total. The molecule has 20 heavy (non-hydrogen) atoms. The highest BCUT2D eigenvalue weighted by Gasteiger charge is 2.34. The van der Waals surface area contributed by atoms with Crippen LogP contribution >= 0.6 is 30.4 Å². The molecule has 0 radical (unpaired) electrons. The molecule has 2 N–H and O–H groups in total. The number of halogens is 1. The van der Waals surface area contributed by atoms with Gasteiger partial charge in [-0.15, -0.1) is 0 Å². The molecule has 0 aromatic rings. The minimum Gasteiger partial charge on any atom is -0.444 e. The summed E-state index contributed by atoms with van der Waals surface area (Å²) in [6.45, 7) is 6.08. The molecular weight excluding hydrogens is 393 g/mol. The Labute approximate surface area is 137 Å². The third-order valence-electron chi connectivity index (χ3n) is 3.33. The van der Waals surface area contributed by atoms with Gasteiger partial charge < -0.3 is 19.3 Å². The number of hydrogen-bond acceptors (Lipinski definition) is 5. The molecule has 0 unspecified atom stereocenters. The molecule has 7 heteroatoms. The second kappa shape index (κ2) is 8.05. The van der Waals surface area contributed by atoms with Crippen molar-refractivity contribution in [3.63, 3.8) is 0 Å². The van der Waals surface area contributed by atoms with E-state index in [1.165, 1.54) is 9.21 Å². The van der Waals surface area contributed by atoms with Gasteiger partial charge in [-0.05, 0) is 46.5 Å². The minimum atomic E-state index is -0.654. The molecule has 1 rings (SSSR count). The predicted octanol–water partition coefficient (Wildman–Crippen LogP) is 3.59. The third-order valence-corrected chi connectivity index (χ3v) is 4.35. The summed E-state index contributed by atoms with van der Waals surface area (Å²) >= 11 is 2.06. The molecule has 0 aromatic carbocycles. The van der Waals surface area contributed by atoms with Gasteiger partial charge in [0.25, 0.3) is 0 Å². The van der Waals surface area contributed by atoms with Gasteiger partial charge in [0, 0.05) is 33.7 Å². The van der Waals surface area contributed by atoms with Crippen LogP contribution in [0.2, 0.25) is 0 Å². The number of amides is 1.